The lowest BCUT2D eigenvalue weighted by atomic mass is 10.2. The summed E-state index contributed by atoms with van der Waals surface area (Å²) < 4.78 is 4.89. The highest BCUT2D eigenvalue weighted by atomic mass is 35.5. The molecule has 0 aliphatic rings. The monoisotopic (exact) mass is 307 g/mol. The number of carbonyl (C=O) groups is 1. The molecule has 1 unspecified atom stereocenters. The van der Waals surface area contributed by atoms with Crippen molar-refractivity contribution < 1.29 is 9.53 Å². The van der Waals surface area contributed by atoms with Gasteiger partial charge in [-0.25, -0.2) is 0 Å². The zero-order valence-electron chi connectivity index (χ0n) is 10.2. The molecule has 1 atom stereocenters. The first kappa shape index (κ1) is 15.6. The average Bonchev–Trinajstić information content (AvgIpc) is 2.37. The summed E-state index contributed by atoms with van der Waals surface area (Å²) in [5, 5.41) is 2.92. The van der Waals surface area contributed by atoms with Gasteiger partial charge >= 0.3 is 0 Å². The van der Waals surface area contributed by atoms with E-state index >= 15 is 0 Å². The lowest BCUT2D eigenvalue weighted by Gasteiger charge is -2.11. The molecular formula is C12H15Cl2NO2S. The number of methoxy groups -OCH3 is 1. The third-order valence-electron chi connectivity index (χ3n) is 2.25. The first-order valence-electron chi connectivity index (χ1n) is 5.33. The minimum atomic E-state index is -0.249. The number of alkyl halides is 1. The number of carbonyl (C=O) groups excluding carboxylic acids is 1. The van der Waals surface area contributed by atoms with Crippen molar-refractivity contribution in [3.8, 4) is 0 Å². The summed E-state index contributed by atoms with van der Waals surface area (Å²) in [6, 6.07) is 5.36. The van der Waals surface area contributed by atoms with Crippen LogP contribution in [0, 0.1) is 0 Å². The number of nitrogens with one attached hydrogen (secondary N) is 1. The Morgan fingerprint density at radius 3 is 2.89 bits per heavy atom. The maximum absolute atomic E-state index is 11.9. The second-order valence-corrected chi connectivity index (χ2v) is 5.51. The molecule has 0 saturated heterocycles. The van der Waals surface area contributed by atoms with E-state index in [9.17, 15) is 4.79 Å². The van der Waals surface area contributed by atoms with E-state index in [-0.39, 0.29) is 11.3 Å². The third-order valence-corrected chi connectivity index (χ3v) is 3.58. The third kappa shape index (κ3) is 4.69. The molecule has 18 heavy (non-hydrogen) atoms. The van der Waals surface area contributed by atoms with Crippen LogP contribution in [0.1, 0.15) is 10.4 Å². The summed E-state index contributed by atoms with van der Waals surface area (Å²) in [5.74, 6) is -0.224. The van der Waals surface area contributed by atoms with Crippen molar-refractivity contribution in [3.05, 3.63) is 28.8 Å². The Kier molecular flexibility index (Phi) is 6.86. The van der Waals surface area contributed by atoms with E-state index in [1.54, 1.807) is 31.0 Å². The Balaban J connectivity index is 2.66. The molecule has 0 saturated carbocycles. The van der Waals surface area contributed by atoms with E-state index in [1.807, 2.05) is 12.3 Å². The van der Waals surface area contributed by atoms with Crippen LogP contribution in [0.25, 0.3) is 0 Å². The van der Waals surface area contributed by atoms with E-state index in [0.29, 0.717) is 23.7 Å². The van der Waals surface area contributed by atoms with E-state index in [2.05, 4.69) is 5.32 Å². The molecule has 0 aromatic heterocycles. The fraction of sp³-hybridized carbons (Fsp3) is 0.417. The standard InChI is InChI=1S/C12H15Cl2NO2S/c1-17-7-8(13)6-15-12(16)10-5-9(18-2)3-4-11(10)14/h3-5,8H,6-7H2,1-2H3,(H,15,16). The number of rotatable bonds is 6. The van der Waals surface area contributed by atoms with Gasteiger partial charge in [0.25, 0.3) is 5.91 Å². The SMILES string of the molecule is COCC(Cl)CNC(=O)c1cc(SC)ccc1Cl. The number of hydrogen-bond acceptors (Lipinski definition) is 3. The number of halogens is 2. The topological polar surface area (TPSA) is 38.3 Å². The van der Waals surface area contributed by atoms with Gasteiger partial charge in [-0.15, -0.1) is 23.4 Å². The highest BCUT2D eigenvalue weighted by Gasteiger charge is 2.12. The molecule has 0 radical (unpaired) electrons. The average molecular weight is 308 g/mol. The van der Waals surface area contributed by atoms with Gasteiger partial charge in [0.15, 0.2) is 0 Å². The van der Waals surface area contributed by atoms with Crippen LogP contribution in [0.4, 0.5) is 0 Å². The molecule has 0 aliphatic carbocycles. The smallest absolute Gasteiger partial charge is 0.252 e. The summed E-state index contributed by atoms with van der Waals surface area (Å²) in [4.78, 5) is 12.9. The lowest BCUT2D eigenvalue weighted by molar-refractivity contribution is 0.0949. The molecular weight excluding hydrogens is 293 g/mol. The molecule has 0 bridgehead atoms. The molecule has 1 rings (SSSR count). The molecule has 1 amide bonds. The lowest BCUT2D eigenvalue weighted by Crippen LogP contribution is -2.31. The summed E-state index contributed by atoms with van der Waals surface area (Å²) in [6.07, 6.45) is 1.94. The Hall–Kier alpha value is -0.420. The highest BCUT2D eigenvalue weighted by Crippen LogP contribution is 2.22. The number of benzene rings is 1. The van der Waals surface area contributed by atoms with E-state index < -0.39 is 0 Å². The first-order valence-corrected chi connectivity index (χ1v) is 7.37. The molecule has 0 fully saturated rings. The zero-order chi connectivity index (χ0) is 13.5. The van der Waals surface area contributed by atoms with Gasteiger partial charge in [0, 0.05) is 18.6 Å². The van der Waals surface area contributed by atoms with Gasteiger partial charge in [-0.05, 0) is 24.5 Å². The summed E-state index contributed by atoms with van der Waals surface area (Å²) in [5.41, 5.74) is 0.463. The molecule has 100 valence electrons. The van der Waals surface area contributed by atoms with Crippen LogP contribution in [-0.2, 0) is 4.74 Å². The largest absolute Gasteiger partial charge is 0.383 e. The zero-order valence-corrected chi connectivity index (χ0v) is 12.5. The minimum absolute atomic E-state index is 0.224. The number of hydrogen-bond donors (Lipinski definition) is 1. The van der Waals surface area contributed by atoms with E-state index in [1.165, 1.54) is 0 Å². The van der Waals surface area contributed by atoms with Crippen LogP contribution >= 0.6 is 35.0 Å². The Morgan fingerprint density at radius 2 is 2.28 bits per heavy atom. The van der Waals surface area contributed by atoms with Gasteiger partial charge in [-0.2, -0.15) is 0 Å². The minimum Gasteiger partial charge on any atom is -0.383 e. The van der Waals surface area contributed by atoms with E-state index in [4.69, 9.17) is 27.9 Å². The van der Waals surface area contributed by atoms with Crippen molar-refractivity contribution in [2.24, 2.45) is 0 Å². The maximum Gasteiger partial charge on any atom is 0.252 e. The molecule has 0 aliphatic heterocycles. The molecule has 0 spiro atoms. The fourth-order valence-corrected chi connectivity index (χ4v) is 2.19. The molecule has 3 nitrogen and oxygen atoms in total. The molecule has 0 heterocycles. The van der Waals surface area contributed by atoms with Crippen LogP contribution in [-0.4, -0.2) is 37.8 Å². The summed E-state index contributed by atoms with van der Waals surface area (Å²) in [6.45, 7) is 0.731. The van der Waals surface area contributed by atoms with Gasteiger partial charge in [-0.3, -0.25) is 4.79 Å². The second kappa shape index (κ2) is 7.89. The van der Waals surface area contributed by atoms with E-state index in [0.717, 1.165) is 4.90 Å². The molecule has 1 N–H and O–H groups in total. The quantitative estimate of drug-likeness (QED) is 0.648. The Bertz CT molecular complexity index is 415. The van der Waals surface area contributed by atoms with Crippen LogP contribution < -0.4 is 5.32 Å². The molecule has 1 aromatic rings. The summed E-state index contributed by atoms with van der Waals surface area (Å²) >= 11 is 13.5. The van der Waals surface area contributed by atoms with Crippen molar-refractivity contribution in [1.29, 1.82) is 0 Å². The Labute approximate surface area is 121 Å². The van der Waals surface area contributed by atoms with Crippen molar-refractivity contribution in [2.45, 2.75) is 10.3 Å². The van der Waals surface area contributed by atoms with Crippen molar-refractivity contribution in [3.63, 3.8) is 0 Å². The van der Waals surface area contributed by atoms with Gasteiger partial charge in [-0.1, -0.05) is 11.6 Å². The van der Waals surface area contributed by atoms with Gasteiger partial charge in [0.1, 0.15) is 0 Å². The highest BCUT2D eigenvalue weighted by molar-refractivity contribution is 7.98. The first-order chi connectivity index (χ1) is 8.58. The van der Waals surface area contributed by atoms with Crippen molar-refractivity contribution in [1.82, 2.24) is 5.32 Å². The van der Waals surface area contributed by atoms with Gasteiger partial charge in [0.2, 0.25) is 0 Å². The van der Waals surface area contributed by atoms with Gasteiger partial charge < -0.3 is 10.1 Å². The fourth-order valence-electron chi connectivity index (χ4n) is 1.34. The van der Waals surface area contributed by atoms with Gasteiger partial charge in [0.05, 0.1) is 22.6 Å². The normalized spacial score (nSPS) is 12.2. The second-order valence-electron chi connectivity index (χ2n) is 3.61. The predicted octanol–water partition coefficient (Wildman–Crippen LogP) is 3.05. The van der Waals surface area contributed by atoms with Crippen molar-refractivity contribution >= 4 is 40.9 Å². The van der Waals surface area contributed by atoms with Crippen LogP contribution in [0.5, 0.6) is 0 Å². The van der Waals surface area contributed by atoms with Crippen LogP contribution in [0.3, 0.4) is 0 Å². The molecule has 1 aromatic carbocycles. The molecule has 6 heteroatoms. The Morgan fingerprint density at radius 1 is 1.56 bits per heavy atom. The number of amides is 1. The summed E-state index contributed by atoms with van der Waals surface area (Å²) in [7, 11) is 1.57. The maximum atomic E-state index is 11.9. The number of ether oxygens (including phenoxy) is 1. The van der Waals surface area contributed by atoms with Crippen LogP contribution in [0.15, 0.2) is 23.1 Å². The van der Waals surface area contributed by atoms with Crippen molar-refractivity contribution in [2.75, 3.05) is 26.5 Å². The van der Waals surface area contributed by atoms with Crippen LogP contribution in [0.2, 0.25) is 5.02 Å². The predicted molar refractivity (Wildman–Crippen MR) is 77.1 cm³/mol. The number of thioether (sulfide) groups is 1.